The van der Waals surface area contributed by atoms with Gasteiger partial charge >= 0.3 is 0 Å². The van der Waals surface area contributed by atoms with Gasteiger partial charge in [-0.05, 0) is 60.7 Å². The van der Waals surface area contributed by atoms with Crippen molar-refractivity contribution in [3.05, 3.63) is 72.8 Å². The standard InChI is InChI=1S/C52H48O12/c1-53-41-19-37-25-13-26(46(58-6)23-45(25)57-5)39-21-43(55-3)31-18-36-32(17-35(31)51(39)63-11)44(56-4)22-40(52(36)64-12)28-14-27(47(59-7)24-48(28)60-8)38-20-42(54-2)30-16-33(49(37)61-9)29(41)15-34(30)50(38)62-10/h13-24H,1-12H3. The first-order valence-electron chi connectivity index (χ1n) is 20.3. The molecule has 0 amide bonds. The molecule has 0 atom stereocenters. The van der Waals surface area contributed by atoms with E-state index in [1.807, 2.05) is 72.8 Å². The van der Waals surface area contributed by atoms with E-state index in [1.165, 1.54) is 0 Å². The van der Waals surface area contributed by atoms with Gasteiger partial charge in [-0.1, -0.05) is 0 Å². The van der Waals surface area contributed by atoms with Gasteiger partial charge in [-0.25, -0.2) is 0 Å². The van der Waals surface area contributed by atoms with E-state index in [0.29, 0.717) is 112 Å². The fourth-order valence-corrected chi connectivity index (χ4v) is 9.44. The molecule has 0 aliphatic heterocycles. The van der Waals surface area contributed by atoms with Gasteiger partial charge in [0.1, 0.15) is 69.0 Å². The van der Waals surface area contributed by atoms with E-state index < -0.39 is 0 Å². The summed E-state index contributed by atoms with van der Waals surface area (Å²) in [7, 11) is 19.7. The van der Waals surface area contributed by atoms with Crippen LogP contribution in [0.4, 0.5) is 0 Å². The summed E-state index contributed by atoms with van der Waals surface area (Å²) in [6, 6.07) is 23.7. The Morgan fingerprint density at radius 2 is 0.297 bits per heavy atom. The third-order valence-electron chi connectivity index (χ3n) is 12.3. The van der Waals surface area contributed by atoms with Crippen LogP contribution < -0.4 is 56.8 Å². The lowest BCUT2D eigenvalue weighted by Crippen LogP contribution is -1.97. The van der Waals surface area contributed by atoms with E-state index in [-0.39, 0.29) is 0 Å². The predicted molar refractivity (Wildman–Crippen MR) is 254 cm³/mol. The fourth-order valence-electron chi connectivity index (χ4n) is 9.44. The van der Waals surface area contributed by atoms with Crippen LogP contribution in [0, 0.1) is 0 Å². The van der Waals surface area contributed by atoms with Gasteiger partial charge in [0, 0.05) is 98.3 Å². The van der Waals surface area contributed by atoms with E-state index in [1.54, 1.807) is 85.3 Å². The molecule has 0 heterocycles. The molecule has 12 nitrogen and oxygen atoms in total. The summed E-state index contributed by atoms with van der Waals surface area (Å²) in [5.41, 5.74) is 0. The van der Waals surface area contributed by atoms with Crippen molar-refractivity contribution in [2.45, 2.75) is 0 Å². The van der Waals surface area contributed by atoms with Gasteiger partial charge in [-0.15, -0.1) is 0 Å². The molecular formula is C52H48O12. The van der Waals surface area contributed by atoms with Crippen LogP contribution >= 0.6 is 0 Å². The van der Waals surface area contributed by atoms with Crippen LogP contribution in [0.5, 0.6) is 69.0 Å². The minimum atomic E-state index is 0.539. The van der Waals surface area contributed by atoms with Crippen molar-refractivity contribution < 1.29 is 56.8 Å². The molecule has 16 bridgehead atoms. The molecule has 0 radical (unpaired) electrons. The smallest absolute Gasteiger partial charge is 0.134 e. The monoisotopic (exact) mass is 864 g/mol. The van der Waals surface area contributed by atoms with Crippen molar-refractivity contribution in [2.75, 3.05) is 85.3 Å². The van der Waals surface area contributed by atoms with Crippen molar-refractivity contribution >= 4 is 86.2 Å². The normalized spacial score (nSPS) is 11.4. The van der Waals surface area contributed by atoms with Crippen LogP contribution in [0.2, 0.25) is 0 Å². The average molecular weight is 865 g/mol. The second-order valence-electron chi connectivity index (χ2n) is 15.0. The van der Waals surface area contributed by atoms with E-state index in [4.69, 9.17) is 56.8 Å². The molecule has 12 heteroatoms. The van der Waals surface area contributed by atoms with Crippen molar-refractivity contribution in [3.63, 3.8) is 0 Å². The van der Waals surface area contributed by atoms with Gasteiger partial charge in [0.25, 0.3) is 0 Å². The first-order chi connectivity index (χ1) is 31.2. The molecule has 0 spiro atoms. The van der Waals surface area contributed by atoms with Gasteiger partial charge in [-0.2, -0.15) is 0 Å². The zero-order valence-corrected chi connectivity index (χ0v) is 37.8. The lowest BCUT2D eigenvalue weighted by molar-refractivity contribution is 0.399. The largest absolute Gasteiger partial charge is 0.496 e. The number of rotatable bonds is 12. The van der Waals surface area contributed by atoms with Crippen molar-refractivity contribution in [3.8, 4) is 69.0 Å². The number of ether oxygens (including phenoxy) is 12. The van der Waals surface area contributed by atoms with Crippen LogP contribution in [0.1, 0.15) is 0 Å². The summed E-state index contributed by atoms with van der Waals surface area (Å²) in [4.78, 5) is 0. The van der Waals surface area contributed by atoms with Crippen molar-refractivity contribution in [1.29, 1.82) is 0 Å². The van der Waals surface area contributed by atoms with Crippen molar-refractivity contribution in [1.82, 2.24) is 0 Å². The Morgan fingerprint density at radius 1 is 0.156 bits per heavy atom. The Balaban J connectivity index is 1.68. The van der Waals surface area contributed by atoms with Crippen molar-refractivity contribution in [2.24, 2.45) is 0 Å². The summed E-state index contributed by atoms with van der Waals surface area (Å²) in [6.45, 7) is 0. The zero-order chi connectivity index (χ0) is 45.1. The molecule has 0 saturated carbocycles. The summed E-state index contributed by atoms with van der Waals surface area (Å²) in [6.07, 6.45) is 0. The molecule has 0 unspecified atom stereocenters. The summed E-state index contributed by atoms with van der Waals surface area (Å²) >= 11 is 0. The molecule has 328 valence electrons. The third kappa shape index (κ3) is 6.03. The Kier molecular flexibility index (Phi) is 10.6. The minimum absolute atomic E-state index is 0.539. The van der Waals surface area contributed by atoms with Crippen LogP contribution in [0.25, 0.3) is 86.2 Å². The molecule has 0 fully saturated rings. The quantitative estimate of drug-likeness (QED) is 0.109. The Labute approximate surface area is 369 Å². The second kappa shape index (κ2) is 16.3. The number of hydrogen-bond donors (Lipinski definition) is 0. The maximum Gasteiger partial charge on any atom is 0.134 e. The van der Waals surface area contributed by atoms with E-state index >= 15 is 0 Å². The Morgan fingerprint density at radius 3 is 0.453 bits per heavy atom. The number of hydrogen-bond acceptors (Lipinski definition) is 12. The van der Waals surface area contributed by atoms with Crippen LogP contribution in [0.3, 0.4) is 0 Å². The Bertz CT molecular complexity index is 2980. The number of methoxy groups -OCH3 is 12. The highest BCUT2D eigenvalue weighted by Gasteiger charge is 2.24. The van der Waals surface area contributed by atoms with Gasteiger partial charge in [0.2, 0.25) is 0 Å². The highest BCUT2D eigenvalue weighted by molar-refractivity contribution is 6.19. The molecule has 0 N–H and O–H groups in total. The van der Waals surface area contributed by atoms with Gasteiger partial charge in [0.05, 0.1) is 85.3 Å². The molecule has 0 aliphatic carbocycles. The highest BCUT2D eigenvalue weighted by Crippen LogP contribution is 2.52. The van der Waals surface area contributed by atoms with E-state index in [0.717, 1.165) is 43.1 Å². The van der Waals surface area contributed by atoms with E-state index in [9.17, 15) is 0 Å². The Hall–Kier alpha value is -7.60. The second-order valence-corrected chi connectivity index (χ2v) is 15.0. The molecule has 20 aromatic carbocycles. The van der Waals surface area contributed by atoms with Gasteiger partial charge < -0.3 is 56.8 Å². The molecule has 20 rings (SSSR count). The molecule has 0 aromatic heterocycles. The summed E-state index contributed by atoms with van der Waals surface area (Å²) < 4.78 is 74.6. The zero-order valence-electron chi connectivity index (χ0n) is 37.8. The minimum Gasteiger partial charge on any atom is -0.496 e. The molecule has 0 saturated heterocycles. The number of benzene rings is 8. The predicted octanol–water partition coefficient (Wildman–Crippen LogP) is 11.6. The SMILES string of the molecule is COc1cc(OC)c2cc1c1cc(OC)c3cc4c(OC)c(cc(OC)c4cc3c1OC)c1cc(c(OC)cc1OC)c1cc(OC)c3cc4c(OC)c2cc(OC)c4cc3c1OC. The fraction of sp³-hybridized carbons (Fsp3) is 0.231. The lowest BCUT2D eigenvalue weighted by atomic mass is 9.94. The maximum absolute atomic E-state index is 6.36. The highest BCUT2D eigenvalue weighted by atomic mass is 16.5. The maximum atomic E-state index is 6.36. The van der Waals surface area contributed by atoms with Crippen LogP contribution in [-0.4, -0.2) is 85.3 Å². The van der Waals surface area contributed by atoms with Crippen LogP contribution in [-0.2, 0) is 0 Å². The first-order valence-corrected chi connectivity index (χ1v) is 20.3. The average Bonchev–Trinajstić information content (AvgIpc) is 3.34. The summed E-state index contributed by atoms with van der Waals surface area (Å²) in [5.74, 6) is 6.82. The van der Waals surface area contributed by atoms with E-state index in [2.05, 4.69) is 0 Å². The lowest BCUT2D eigenvalue weighted by Gasteiger charge is -2.20. The van der Waals surface area contributed by atoms with Gasteiger partial charge in [-0.3, -0.25) is 0 Å². The van der Waals surface area contributed by atoms with Crippen LogP contribution in [0.15, 0.2) is 72.8 Å². The molecular weight excluding hydrogens is 817 g/mol. The van der Waals surface area contributed by atoms with Gasteiger partial charge in [0.15, 0.2) is 0 Å². The summed E-state index contributed by atoms with van der Waals surface area (Å²) in [5, 5.41) is 11.8. The molecule has 64 heavy (non-hydrogen) atoms. The topological polar surface area (TPSA) is 111 Å². The third-order valence-corrected chi connectivity index (χ3v) is 12.3. The molecule has 0 aliphatic rings. The first kappa shape index (κ1) is 41.7. The molecule has 20 aromatic rings.